The number of phenols is 6. The van der Waals surface area contributed by atoms with Crippen LogP contribution in [-0.4, -0.2) is 149 Å². The van der Waals surface area contributed by atoms with Crippen molar-refractivity contribution in [2.75, 3.05) is 26.4 Å². The summed E-state index contributed by atoms with van der Waals surface area (Å²) in [5, 5.41) is 126. The lowest BCUT2D eigenvalue weighted by molar-refractivity contribution is -0.265. The predicted molar refractivity (Wildman–Crippen MR) is 206 cm³/mol. The van der Waals surface area contributed by atoms with E-state index in [1.807, 2.05) is 0 Å². The third-order valence-electron chi connectivity index (χ3n) is 11.0. The van der Waals surface area contributed by atoms with Crippen LogP contribution in [-0.2, 0) is 31.8 Å². The van der Waals surface area contributed by atoms with Gasteiger partial charge < -0.3 is 99.2 Å². The molecule has 0 spiro atoms. The van der Waals surface area contributed by atoms with Crippen LogP contribution in [0.15, 0.2) is 60.7 Å². The SMILES string of the molecule is Oc1cc2c(c(O[C@@H]3OC[C@@H](O)[C@H](OCCO[C@@H]4[C@@H](O)[C@H](Oc5cc(O)cc6c5CC(O)C(c5ccc(O)c(O)c5)O6)OC[C@H]4O)[C@H]3O)c1)CC(O)C(c1ccc(O)c(O)c1)O2. The molecule has 4 aromatic rings. The molecule has 4 aromatic carbocycles. The highest BCUT2D eigenvalue weighted by Gasteiger charge is 2.44. The minimum absolute atomic E-state index is 0.00203. The molecular formula is C42H46O20. The van der Waals surface area contributed by atoms with Crippen LogP contribution in [0.5, 0.6) is 57.5 Å². The Bertz CT molecular complexity index is 2080. The Kier molecular flexibility index (Phi) is 12.3. The van der Waals surface area contributed by atoms with Crippen molar-refractivity contribution in [3.05, 3.63) is 82.9 Å². The zero-order valence-electron chi connectivity index (χ0n) is 32.6. The molecule has 20 nitrogen and oxygen atoms in total. The van der Waals surface area contributed by atoms with Crippen LogP contribution in [0.4, 0.5) is 0 Å². The topological polar surface area (TPSA) is 317 Å². The molecule has 0 radical (unpaired) electrons. The van der Waals surface area contributed by atoms with Crippen LogP contribution in [0, 0.1) is 0 Å². The number of hydrogen-bond donors (Lipinski definition) is 12. The largest absolute Gasteiger partial charge is 0.508 e. The molecule has 0 aliphatic carbocycles. The first-order chi connectivity index (χ1) is 29.6. The molecular weight excluding hydrogens is 824 g/mol. The number of benzene rings is 4. The van der Waals surface area contributed by atoms with Gasteiger partial charge in [0.2, 0.25) is 12.6 Å². The Labute approximate surface area is 352 Å². The lowest BCUT2D eigenvalue weighted by Gasteiger charge is -2.39. The second-order valence-corrected chi connectivity index (χ2v) is 15.4. The lowest BCUT2D eigenvalue weighted by Crippen LogP contribution is -2.57. The van der Waals surface area contributed by atoms with Crippen molar-refractivity contribution in [2.45, 2.75) is 86.5 Å². The van der Waals surface area contributed by atoms with Gasteiger partial charge in [-0.2, -0.15) is 0 Å². The number of aliphatic hydroxyl groups excluding tert-OH is 6. The van der Waals surface area contributed by atoms with Crippen LogP contribution in [0.3, 0.4) is 0 Å². The second kappa shape index (κ2) is 17.7. The Hall–Kier alpha value is -5.52. The van der Waals surface area contributed by atoms with Crippen LogP contribution < -0.4 is 18.9 Å². The van der Waals surface area contributed by atoms with Gasteiger partial charge in [0.25, 0.3) is 0 Å². The van der Waals surface area contributed by atoms with Crippen LogP contribution in [0.2, 0.25) is 0 Å². The van der Waals surface area contributed by atoms with E-state index in [4.69, 9.17) is 37.9 Å². The predicted octanol–water partition coefficient (Wildman–Crippen LogP) is 0.379. The van der Waals surface area contributed by atoms with E-state index in [9.17, 15) is 61.3 Å². The molecule has 4 heterocycles. The summed E-state index contributed by atoms with van der Waals surface area (Å²) in [5.41, 5.74) is 1.37. The first-order valence-corrected chi connectivity index (χ1v) is 19.6. The maximum atomic E-state index is 11.2. The summed E-state index contributed by atoms with van der Waals surface area (Å²) in [6.45, 7) is -1.20. The van der Waals surface area contributed by atoms with Crippen LogP contribution in [0.25, 0.3) is 0 Å². The molecule has 12 N–H and O–H groups in total. The quantitative estimate of drug-likeness (QED) is 0.0716. The minimum atomic E-state index is -1.60. The van der Waals surface area contributed by atoms with Gasteiger partial charge in [0.05, 0.1) is 38.6 Å². The summed E-state index contributed by atoms with van der Waals surface area (Å²) >= 11 is 0. The van der Waals surface area contributed by atoms with Gasteiger partial charge >= 0.3 is 0 Å². The van der Waals surface area contributed by atoms with Crippen molar-refractivity contribution < 1.29 is 99.2 Å². The average Bonchev–Trinajstić information content (AvgIpc) is 3.22. The first kappa shape index (κ1) is 43.1. The molecule has 0 saturated carbocycles. The molecule has 4 aliphatic rings. The first-order valence-electron chi connectivity index (χ1n) is 19.6. The van der Waals surface area contributed by atoms with Crippen molar-refractivity contribution >= 4 is 0 Å². The highest BCUT2D eigenvalue weighted by atomic mass is 16.7. The Morgan fingerprint density at radius 2 is 0.887 bits per heavy atom. The normalized spacial score (nSPS) is 30.6. The number of aromatic hydroxyl groups is 6. The van der Waals surface area contributed by atoms with E-state index < -0.39 is 85.1 Å². The fourth-order valence-corrected chi connectivity index (χ4v) is 7.90. The Balaban J connectivity index is 0.874. The van der Waals surface area contributed by atoms with Gasteiger partial charge in [-0.3, -0.25) is 0 Å². The molecule has 334 valence electrons. The van der Waals surface area contributed by atoms with Crippen molar-refractivity contribution in [2.24, 2.45) is 0 Å². The summed E-state index contributed by atoms with van der Waals surface area (Å²) < 4.78 is 46.5. The van der Waals surface area contributed by atoms with E-state index in [0.29, 0.717) is 22.3 Å². The van der Waals surface area contributed by atoms with Gasteiger partial charge in [0.1, 0.15) is 83.3 Å². The number of aliphatic hydroxyl groups is 6. The molecule has 0 bridgehead atoms. The maximum absolute atomic E-state index is 11.2. The number of rotatable bonds is 11. The van der Waals surface area contributed by atoms with E-state index in [1.165, 1.54) is 60.7 Å². The number of hydrogen-bond acceptors (Lipinski definition) is 20. The van der Waals surface area contributed by atoms with Gasteiger partial charge in [-0.1, -0.05) is 12.1 Å². The summed E-state index contributed by atoms with van der Waals surface area (Å²) in [7, 11) is 0. The van der Waals surface area contributed by atoms with E-state index in [-0.39, 0.29) is 85.3 Å². The molecule has 0 amide bonds. The third-order valence-corrected chi connectivity index (χ3v) is 11.0. The smallest absolute Gasteiger partial charge is 0.228 e. The number of ether oxygens (including phenoxy) is 8. The van der Waals surface area contributed by atoms with Crippen LogP contribution >= 0.6 is 0 Å². The third kappa shape index (κ3) is 8.75. The molecule has 8 rings (SSSR count). The monoisotopic (exact) mass is 870 g/mol. The van der Waals surface area contributed by atoms with Gasteiger partial charge in [-0.25, -0.2) is 0 Å². The van der Waals surface area contributed by atoms with Crippen molar-refractivity contribution in [1.82, 2.24) is 0 Å². The summed E-state index contributed by atoms with van der Waals surface area (Å²) in [5.74, 6) is -1.80. The highest BCUT2D eigenvalue weighted by Crippen LogP contribution is 2.46. The minimum Gasteiger partial charge on any atom is -0.508 e. The molecule has 62 heavy (non-hydrogen) atoms. The van der Waals surface area contributed by atoms with Gasteiger partial charge in [-0.05, 0) is 35.4 Å². The highest BCUT2D eigenvalue weighted by molar-refractivity contribution is 5.54. The van der Waals surface area contributed by atoms with E-state index in [0.717, 1.165) is 0 Å². The van der Waals surface area contributed by atoms with Gasteiger partial charge in [-0.15, -0.1) is 0 Å². The molecule has 12 atom stereocenters. The molecule has 2 fully saturated rings. The fraction of sp³-hybridized carbons (Fsp3) is 0.429. The second-order valence-electron chi connectivity index (χ2n) is 15.4. The van der Waals surface area contributed by atoms with Crippen molar-refractivity contribution in [3.8, 4) is 57.5 Å². The van der Waals surface area contributed by atoms with E-state index in [1.54, 1.807) is 0 Å². The molecule has 0 aromatic heterocycles. The summed E-state index contributed by atoms with van der Waals surface area (Å²) in [6, 6.07) is 13.0. The van der Waals surface area contributed by atoms with Crippen molar-refractivity contribution in [3.63, 3.8) is 0 Å². The Morgan fingerprint density at radius 1 is 0.484 bits per heavy atom. The fourth-order valence-electron chi connectivity index (χ4n) is 7.90. The lowest BCUT2D eigenvalue weighted by atomic mass is 9.93. The zero-order chi connectivity index (χ0) is 44.0. The maximum Gasteiger partial charge on any atom is 0.228 e. The molecule has 4 aliphatic heterocycles. The van der Waals surface area contributed by atoms with Gasteiger partial charge in [0.15, 0.2) is 23.0 Å². The molecule has 4 unspecified atom stereocenters. The van der Waals surface area contributed by atoms with Crippen LogP contribution in [0.1, 0.15) is 34.5 Å². The van der Waals surface area contributed by atoms with Gasteiger partial charge in [0, 0.05) is 48.2 Å². The zero-order valence-corrected chi connectivity index (χ0v) is 32.6. The van der Waals surface area contributed by atoms with Crippen molar-refractivity contribution in [1.29, 1.82) is 0 Å². The summed E-state index contributed by atoms with van der Waals surface area (Å²) in [6.07, 6.45) is -15.6. The summed E-state index contributed by atoms with van der Waals surface area (Å²) in [4.78, 5) is 0. The molecule has 2 saturated heterocycles. The van der Waals surface area contributed by atoms with E-state index in [2.05, 4.69) is 0 Å². The number of phenolic OH excluding ortho intramolecular Hbond substituents is 6. The average molecular weight is 871 g/mol. The number of fused-ring (bicyclic) bond motifs is 2. The molecule has 20 heteroatoms. The van der Waals surface area contributed by atoms with E-state index >= 15 is 0 Å². The Morgan fingerprint density at radius 3 is 1.27 bits per heavy atom. The standard InChI is InChI=1S/C42H46O20/c43-19-9-31-21(13-27(49)37(59-31)17-1-3-23(45)25(47)7-17)33(11-19)61-41-35(53)39(29(51)15-57-41)55-5-6-56-40-30(52)16-58-42(36(40)54)62-34-12-20(44)10-32-22(34)14-28(50)38(60-32)18-2-4-24(46)26(48)8-18/h1-4,7-12,27-30,35-54H,5-6,13-16H2/t27?,28?,29-,30-,35-,36-,37?,38?,39+,40+,41+,42+/m1/s1.